The Balaban J connectivity index is 1.20. The summed E-state index contributed by atoms with van der Waals surface area (Å²) in [7, 11) is 1.68. The van der Waals surface area contributed by atoms with E-state index in [1.165, 1.54) is 31.4 Å². The Morgan fingerprint density at radius 2 is 2.00 bits per heavy atom. The second-order valence-electron chi connectivity index (χ2n) is 9.34. The van der Waals surface area contributed by atoms with Gasteiger partial charge in [0, 0.05) is 24.5 Å². The predicted molar refractivity (Wildman–Crippen MR) is 117 cm³/mol. The van der Waals surface area contributed by atoms with Crippen LogP contribution in [0.1, 0.15) is 63.0 Å². The van der Waals surface area contributed by atoms with Crippen LogP contribution in [-0.2, 0) is 9.53 Å². The van der Waals surface area contributed by atoms with E-state index in [1.807, 2.05) is 0 Å². The first-order valence-corrected chi connectivity index (χ1v) is 11.6. The molecule has 7 heteroatoms. The number of likely N-dealkylation sites (tertiary alicyclic amines) is 1. The van der Waals surface area contributed by atoms with Crippen LogP contribution in [0.25, 0.3) is 11.0 Å². The lowest BCUT2D eigenvalue weighted by molar-refractivity contribution is -0.121. The van der Waals surface area contributed by atoms with Gasteiger partial charge in [-0.3, -0.25) is 4.79 Å². The number of halogens is 1. The Morgan fingerprint density at radius 1 is 1.26 bits per heavy atom. The van der Waals surface area contributed by atoms with Crippen LogP contribution in [0.5, 0.6) is 0 Å². The second-order valence-corrected chi connectivity index (χ2v) is 9.34. The summed E-state index contributed by atoms with van der Waals surface area (Å²) < 4.78 is 24.3. The van der Waals surface area contributed by atoms with Gasteiger partial charge in [-0.15, -0.1) is 0 Å². The topological polar surface area (TPSA) is 81.6 Å². The summed E-state index contributed by atoms with van der Waals surface area (Å²) in [6.07, 6.45) is 8.33. The van der Waals surface area contributed by atoms with E-state index in [0.29, 0.717) is 23.8 Å². The lowest BCUT2D eigenvalue weighted by atomic mass is 9.77. The highest BCUT2D eigenvalue weighted by atomic mass is 19.1. The third-order valence-corrected chi connectivity index (χ3v) is 7.41. The number of ether oxygens (including phenoxy) is 1. The maximum absolute atomic E-state index is 13.4. The van der Waals surface area contributed by atoms with E-state index < -0.39 is 0 Å². The molecule has 1 aliphatic carbocycles. The van der Waals surface area contributed by atoms with Gasteiger partial charge in [0.05, 0.1) is 18.2 Å². The Bertz CT molecular complexity index is 870. The molecule has 1 saturated carbocycles. The Morgan fingerprint density at radius 3 is 2.68 bits per heavy atom. The molecule has 1 unspecified atom stereocenters. The molecule has 2 fully saturated rings. The molecule has 31 heavy (non-hydrogen) atoms. The Hall–Kier alpha value is -1.99. The average Bonchev–Trinajstić information content (AvgIpc) is 3.19. The van der Waals surface area contributed by atoms with Gasteiger partial charge in [-0.1, -0.05) is 18.0 Å². The molecule has 2 aromatic rings. The monoisotopic (exact) mass is 431 g/mol. The number of fused-ring (bicyclic) bond motifs is 1. The van der Waals surface area contributed by atoms with Gasteiger partial charge in [0.25, 0.3) is 0 Å². The third kappa shape index (κ3) is 5.44. The highest BCUT2D eigenvalue weighted by Gasteiger charge is 2.30. The van der Waals surface area contributed by atoms with Gasteiger partial charge in [-0.2, -0.15) is 0 Å². The second kappa shape index (κ2) is 10.1. The van der Waals surface area contributed by atoms with Crippen molar-refractivity contribution < 1.29 is 18.4 Å². The van der Waals surface area contributed by atoms with E-state index in [4.69, 9.17) is 15.0 Å². The standard InChI is InChI=1S/C24H34FN3O3/c1-30-21(15-23(26)29)17-4-2-16(3-5-17)8-11-28-12-9-18(10-13-28)24-20-7-6-19(25)14-22(20)31-27-24/h6-7,14,16-18,21H,2-5,8-13,15H2,1H3,(H2,26,29). The average molecular weight is 432 g/mol. The number of nitrogens with zero attached hydrogens (tertiary/aromatic N) is 2. The number of amides is 1. The van der Waals surface area contributed by atoms with Gasteiger partial charge >= 0.3 is 0 Å². The van der Waals surface area contributed by atoms with E-state index >= 15 is 0 Å². The van der Waals surface area contributed by atoms with Crippen LogP contribution in [0.2, 0.25) is 0 Å². The molecular weight excluding hydrogens is 397 g/mol. The number of hydrogen-bond donors (Lipinski definition) is 1. The first kappa shape index (κ1) is 22.2. The number of carbonyl (C=O) groups excluding carboxylic acids is 1. The minimum atomic E-state index is -0.287. The number of primary amides is 1. The summed E-state index contributed by atoms with van der Waals surface area (Å²) in [6.45, 7) is 3.28. The van der Waals surface area contributed by atoms with E-state index in [2.05, 4.69) is 10.1 Å². The molecule has 0 bridgehead atoms. The van der Waals surface area contributed by atoms with Crippen molar-refractivity contribution in [3.8, 4) is 0 Å². The SMILES string of the molecule is COC(CC(N)=O)C1CCC(CCN2CCC(c3noc4cc(F)ccc34)CC2)CC1. The van der Waals surface area contributed by atoms with Crippen molar-refractivity contribution in [2.75, 3.05) is 26.7 Å². The molecule has 1 amide bonds. The smallest absolute Gasteiger partial charge is 0.220 e. The maximum Gasteiger partial charge on any atom is 0.220 e. The molecule has 1 aromatic carbocycles. The molecule has 6 nitrogen and oxygen atoms in total. The maximum atomic E-state index is 13.4. The zero-order valence-electron chi connectivity index (χ0n) is 18.4. The molecule has 1 aromatic heterocycles. The van der Waals surface area contributed by atoms with Crippen molar-refractivity contribution in [3.63, 3.8) is 0 Å². The van der Waals surface area contributed by atoms with Gasteiger partial charge in [-0.05, 0) is 75.7 Å². The molecule has 170 valence electrons. The summed E-state index contributed by atoms with van der Waals surface area (Å²) in [6, 6.07) is 4.69. The van der Waals surface area contributed by atoms with E-state index in [1.54, 1.807) is 13.2 Å². The number of aromatic nitrogens is 1. The highest BCUT2D eigenvalue weighted by molar-refractivity contribution is 5.79. The molecule has 1 saturated heterocycles. The zero-order chi connectivity index (χ0) is 21.8. The van der Waals surface area contributed by atoms with Crippen LogP contribution in [-0.4, -0.2) is 48.8 Å². The lowest BCUT2D eigenvalue weighted by Gasteiger charge is -2.35. The van der Waals surface area contributed by atoms with Crippen LogP contribution in [0, 0.1) is 17.7 Å². The van der Waals surface area contributed by atoms with E-state index in [-0.39, 0.29) is 17.8 Å². The summed E-state index contributed by atoms with van der Waals surface area (Å²) in [4.78, 5) is 13.8. The summed E-state index contributed by atoms with van der Waals surface area (Å²) in [5, 5.41) is 5.20. The summed E-state index contributed by atoms with van der Waals surface area (Å²) >= 11 is 0. The van der Waals surface area contributed by atoms with Gasteiger partial charge in [0.2, 0.25) is 5.91 Å². The first-order valence-electron chi connectivity index (χ1n) is 11.6. The van der Waals surface area contributed by atoms with Crippen LogP contribution >= 0.6 is 0 Å². The molecule has 0 radical (unpaired) electrons. The molecule has 2 N–H and O–H groups in total. The van der Waals surface area contributed by atoms with Crippen molar-refractivity contribution in [3.05, 3.63) is 29.7 Å². The molecular formula is C24H34FN3O3. The van der Waals surface area contributed by atoms with Gasteiger partial charge < -0.3 is 19.9 Å². The fourth-order valence-electron chi connectivity index (χ4n) is 5.51. The predicted octanol–water partition coefficient (Wildman–Crippen LogP) is 4.23. The van der Waals surface area contributed by atoms with Crippen LogP contribution < -0.4 is 5.73 Å². The molecule has 0 spiro atoms. The number of rotatable bonds is 8. The van der Waals surface area contributed by atoms with Gasteiger partial charge in [0.15, 0.2) is 5.58 Å². The summed E-state index contributed by atoms with van der Waals surface area (Å²) in [5.74, 6) is 1.03. The number of piperidine rings is 1. The number of benzene rings is 1. The van der Waals surface area contributed by atoms with Crippen molar-refractivity contribution in [2.45, 2.75) is 63.4 Å². The highest BCUT2D eigenvalue weighted by Crippen LogP contribution is 2.36. The van der Waals surface area contributed by atoms with Gasteiger partial charge in [0.1, 0.15) is 5.82 Å². The fraction of sp³-hybridized carbons (Fsp3) is 0.667. The third-order valence-electron chi connectivity index (χ3n) is 7.41. The van der Waals surface area contributed by atoms with Crippen LogP contribution in [0.15, 0.2) is 22.7 Å². The van der Waals surface area contributed by atoms with E-state index in [9.17, 15) is 9.18 Å². The summed E-state index contributed by atoms with van der Waals surface area (Å²) in [5.41, 5.74) is 6.88. The Kier molecular flexibility index (Phi) is 7.23. The molecule has 1 aliphatic heterocycles. The van der Waals surface area contributed by atoms with Crippen LogP contribution in [0.3, 0.4) is 0 Å². The van der Waals surface area contributed by atoms with E-state index in [0.717, 1.165) is 62.3 Å². The largest absolute Gasteiger partial charge is 0.381 e. The number of carbonyl (C=O) groups is 1. The first-order chi connectivity index (χ1) is 15.0. The van der Waals surface area contributed by atoms with Crippen molar-refractivity contribution in [2.24, 2.45) is 17.6 Å². The van der Waals surface area contributed by atoms with Crippen molar-refractivity contribution in [1.29, 1.82) is 0 Å². The lowest BCUT2D eigenvalue weighted by Crippen LogP contribution is -2.35. The molecule has 1 atom stereocenters. The van der Waals surface area contributed by atoms with Crippen molar-refractivity contribution >= 4 is 16.9 Å². The van der Waals surface area contributed by atoms with Crippen molar-refractivity contribution in [1.82, 2.24) is 10.1 Å². The minimum absolute atomic E-state index is 0.0263. The normalized spacial score (nSPS) is 24.5. The van der Waals surface area contributed by atoms with Gasteiger partial charge in [-0.25, -0.2) is 4.39 Å². The fourth-order valence-corrected chi connectivity index (χ4v) is 5.51. The number of hydrogen-bond acceptors (Lipinski definition) is 5. The minimum Gasteiger partial charge on any atom is -0.381 e. The quantitative estimate of drug-likeness (QED) is 0.676. The number of methoxy groups -OCH3 is 1. The molecule has 2 aliphatic rings. The Labute approximate surface area is 183 Å². The molecule has 2 heterocycles. The van der Waals surface area contributed by atoms with Crippen LogP contribution in [0.4, 0.5) is 4.39 Å². The molecule has 4 rings (SSSR count). The number of nitrogens with two attached hydrogens (primary N) is 1. The zero-order valence-corrected chi connectivity index (χ0v) is 18.4.